The van der Waals surface area contributed by atoms with Crippen LogP contribution in [0.25, 0.3) is 0 Å². The number of thioether (sulfide) groups is 1. The Kier molecular flexibility index (Phi) is 4.61. The van der Waals surface area contributed by atoms with Crippen LogP contribution < -0.4 is 11.1 Å². The van der Waals surface area contributed by atoms with Crippen molar-refractivity contribution in [2.75, 3.05) is 5.32 Å². The average Bonchev–Trinajstić information content (AvgIpc) is 2.61. The van der Waals surface area contributed by atoms with Gasteiger partial charge in [0.25, 0.3) is 5.91 Å². The highest BCUT2D eigenvalue weighted by molar-refractivity contribution is 8.15. The highest BCUT2D eigenvalue weighted by Crippen LogP contribution is 2.55. The zero-order valence-corrected chi connectivity index (χ0v) is 16.2. The summed E-state index contributed by atoms with van der Waals surface area (Å²) in [7, 11) is 0. The number of carbonyl (C=O) groups excluding carboxylic acids is 1. The van der Waals surface area contributed by atoms with Gasteiger partial charge in [-0.3, -0.25) is 9.79 Å². The summed E-state index contributed by atoms with van der Waals surface area (Å²) in [6, 6.07) is 6.84. The second-order valence-electron chi connectivity index (χ2n) is 7.55. The molecule has 1 saturated carbocycles. The molecular formula is C20H20F2N4OS. The van der Waals surface area contributed by atoms with E-state index in [-0.39, 0.29) is 10.4 Å². The van der Waals surface area contributed by atoms with Gasteiger partial charge < -0.3 is 11.1 Å². The first-order valence-electron chi connectivity index (χ1n) is 9.06. The third-order valence-electron chi connectivity index (χ3n) is 5.37. The number of aromatic nitrogens is 1. The van der Waals surface area contributed by atoms with Crippen molar-refractivity contribution in [3.05, 3.63) is 59.4 Å². The molecular weight excluding hydrogens is 382 g/mol. The van der Waals surface area contributed by atoms with Crippen LogP contribution in [0.1, 0.15) is 48.7 Å². The van der Waals surface area contributed by atoms with Gasteiger partial charge in [0.15, 0.2) is 5.17 Å². The molecule has 146 valence electrons. The van der Waals surface area contributed by atoms with E-state index in [2.05, 4.69) is 15.3 Å². The van der Waals surface area contributed by atoms with E-state index in [1.54, 1.807) is 17.8 Å². The number of anilines is 1. The number of rotatable bonds is 3. The predicted octanol–water partition coefficient (Wildman–Crippen LogP) is 4.20. The van der Waals surface area contributed by atoms with Crippen molar-refractivity contribution in [2.45, 2.75) is 42.9 Å². The molecule has 1 aliphatic heterocycles. The van der Waals surface area contributed by atoms with Gasteiger partial charge in [-0.2, -0.15) is 0 Å². The van der Waals surface area contributed by atoms with Crippen LogP contribution in [-0.2, 0) is 5.54 Å². The number of nitrogens with one attached hydrogen (secondary N) is 1. The lowest BCUT2D eigenvalue weighted by molar-refractivity contribution is 0.102. The summed E-state index contributed by atoms with van der Waals surface area (Å²) in [5.41, 5.74) is 6.16. The minimum absolute atomic E-state index is 0.0182. The summed E-state index contributed by atoms with van der Waals surface area (Å²) < 4.78 is 27.7. The number of benzene rings is 1. The van der Waals surface area contributed by atoms with Gasteiger partial charge >= 0.3 is 0 Å². The molecule has 28 heavy (non-hydrogen) atoms. The molecule has 5 nitrogen and oxygen atoms in total. The number of aliphatic imine (C=N–C) groups is 1. The molecule has 0 bridgehead atoms. The average molecular weight is 402 g/mol. The maximum atomic E-state index is 14.7. The van der Waals surface area contributed by atoms with Gasteiger partial charge in [-0.15, -0.1) is 0 Å². The number of amidine groups is 1. The molecule has 2 heterocycles. The lowest BCUT2D eigenvalue weighted by Gasteiger charge is -2.48. The zero-order valence-electron chi connectivity index (χ0n) is 15.3. The summed E-state index contributed by atoms with van der Waals surface area (Å²) in [6.45, 7) is 1.88. The van der Waals surface area contributed by atoms with Crippen molar-refractivity contribution in [1.82, 2.24) is 4.98 Å². The Morgan fingerprint density at radius 1 is 1.25 bits per heavy atom. The SMILES string of the molecule is C[C@@]1(c2cc(NC(=O)c3ccc(F)cn3)ccc2F)CC2(CCC2)SC(N)=N1. The van der Waals surface area contributed by atoms with E-state index in [1.165, 1.54) is 18.2 Å². The molecule has 1 spiro atoms. The number of pyridine rings is 1. The van der Waals surface area contributed by atoms with Crippen molar-refractivity contribution < 1.29 is 13.6 Å². The van der Waals surface area contributed by atoms with Gasteiger partial charge in [-0.25, -0.2) is 13.8 Å². The topological polar surface area (TPSA) is 80.4 Å². The summed E-state index contributed by atoms with van der Waals surface area (Å²) in [6.07, 6.45) is 4.88. The molecule has 1 aliphatic carbocycles. The minimum Gasteiger partial charge on any atom is -0.378 e. The fraction of sp³-hybridized carbons (Fsp3) is 0.350. The van der Waals surface area contributed by atoms with E-state index >= 15 is 0 Å². The largest absolute Gasteiger partial charge is 0.378 e. The zero-order chi connectivity index (χ0) is 19.9. The fourth-order valence-corrected chi connectivity index (χ4v) is 5.45. The molecule has 0 unspecified atom stereocenters. The van der Waals surface area contributed by atoms with Crippen molar-refractivity contribution in [1.29, 1.82) is 0 Å². The van der Waals surface area contributed by atoms with Crippen LogP contribution in [0.2, 0.25) is 0 Å². The monoisotopic (exact) mass is 402 g/mol. The van der Waals surface area contributed by atoms with Gasteiger partial charge in [0.1, 0.15) is 17.3 Å². The normalized spacial score (nSPS) is 23.0. The molecule has 1 aromatic heterocycles. The van der Waals surface area contributed by atoms with Crippen molar-refractivity contribution in [3.63, 3.8) is 0 Å². The molecule has 8 heteroatoms. The van der Waals surface area contributed by atoms with E-state index in [1.807, 2.05) is 6.92 Å². The summed E-state index contributed by atoms with van der Waals surface area (Å²) in [5, 5.41) is 3.16. The van der Waals surface area contributed by atoms with Crippen LogP contribution in [0, 0.1) is 11.6 Å². The number of nitrogens with zero attached hydrogens (tertiary/aromatic N) is 2. The third kappa shape index (κ3) is 3.48. The Morgan fingerprint density at radius 3 is 2.68 bits per heavy atom. The molecule has 2 aromatic rings. The minimum atomic E-state index is -0.797. The van der Waals surface area contributed by atoms with Crippen LogP contribution in [-0.4, -0.2) is 20.8 Å². The first-order valence-corrected chi connectivity index (χ1v) is 9.88. The Balaban J connectivity index is 1.63. The number of amides is 1. The standard InChI is InChI=1S/C20H20F2N4OS/c1-19(11-20(7-2-8-20)28-18(23)26-19)14-9-13(4-5-15(14)22)25-17(27)16-6-3-12(21)10-24-16/h3-6,9-10H,2,7-8,11H2,1H3,(H2,23,26)(H,25,27)/t19-/m0/s1. The number of halogens is 2. The van der Waals surface area contributed by atoms with E-state index in [0.717, 1.165) is 31.5 Å². The number of hydrogen-bond donors (Lipinski definition) is 2. The van der Waals surface area contributed by atoms with Crippen LogP contribution in [0.4, 0.5) is 14.5 Å². The molecule has 1 aromatic carbocycles. The molecule has 0 saturated heterocycles. The number of hydrogen-bond acceptors (Lipinski definition) is 5. The van der Waals surface area contributed by atoms with Crippen LogP contribution in [0.15, 0.2) is 41.5 Å². The van der Waals surface area contributed by atoms with Crippen LogP contribution in [0.3, 0.4) is 0 Å². The van der Waals surface area contributed by atoms with Gasteiger partial charge in [-0.05, 0) is 56.5 Å². The molecule has 1 fully saturated rings. The summed E-state index contributed by atoms with van der Waals surface area (Å²) in [5.74, 6) is -1.41. The fourth-order valence-electron chi connectivity index (χ4n) is 3.92. The van der Waals surface area contributed by atoms with Crippen molar-refractivity contribution in [3.8, 4) is 0 Å². The molecule has 2 aliphatic rings. The molecule has 1 atom stereocenters. The molecule has 0 radical (unpaired) electrons. The smallest absolute Gasteiger partial charge is 0.274 e. The van der Waals surface area contributed by atoms with Gasteiger partial charge in [0.2, 0.25) is 0 Å². The van der Waals surface area contributed by atoms with Crippen LogP contribution in [0.5, 0.6) is 0 Å². The quantitative estimate of drug-likeness (QED) is 0.806. The first kappa shape index (κ1) is 18.9. The Bertz CT molecular complexity index is 959. The molecule has 1 amide bonds. The maximum Gasteiger partial charge on any atom is 0.274 e. The second-order valence-corrected chi connectivity index (χ2v) is 9.04. The van der Waals surface area contributed by atoms with Gasteiger partial charge in [0, 0.05) is 16.0 Å². The van der Waals surface area contributed by atoms with E-state index in [0.29, 0.717) is 22.8 Å². The second kappa shape index (κ2) is 6.84. The predicted molar refractivity (Wildman–Crippen MR) is 106 cm³/mol. The first-order chi connectivity index (χ1) is 13.3. The van der Waals surface area contributed by atoms with Crippen molar-refractivity contribution in [2.24, 2.45) is 10.7 Å². The summed E-state index contributed by atoms with van der Waals surface area (Å²) >= 11 is 1.59. The van der Waals surface area contributed by atoms with Crippen LogP contribution >= 0.6 is 11.8 Å². The Hall–Kier alpha value is -2.48. The molecule has 3 N–H and O–H groups in total. The summed E-state index contributed by atoms with van der Waals surface area (Å²) in [4.78, 5) is 20.7. The van der Waals surface area contributed by atoms with Gasteiger partial charge in [0.05, 0.1) is 11.7 Å². The highest BCUT2D eigenvalue weighted by Gasteiger charge is 2.49. The lowest BCUT2D eigenvalue weighted by atomic mass is 9.73. The van der Waals surface area contributed by atoms with E-state index in [4.69, 9.17) is 5.73 Å². The lowest BCUT2D eigenvalue weighted by Crippen LogP contribution is -2.46. The number of carbonyl (C=O) groups is 1. The molecule has 4 rings (SSSR count). The Morgan fingerprint density at radius 2 is 2.04 bits per heavy atom. The maximum absolute atomic E-state index is 14.7. The highest BCUT2D eigenvalue weighted by atomic mass is 32.2. The van der Waals surface area contributed by atoms with E-state index in [9.17, 15) is 13.6 Å². The van der Waals surface area contributed by atoms with Gasteiger partial charge in [-0.1, -0.05) is 18.2 Å². The van der Waals surface area contributed by atoms with Crippen molar-refractivity contribution >= 4 is 28.5 Å². The third-order valence-corrected chi connectivity index (χ3v) is 6.66. The number of nitrogens with two attached hydrogens (primary N) is 1. The Labute approximate surface area is 165 Å². The van der Waals surface area contributed by atoms with E-state index < -0.39 is 23.1 Å².